The topological polar surface area (TPSA) is 66.5 Å². The fourth-order valence-electron chi connectivity index (χ4n) is 4.41. The summed E-state index contributed by atoms with van der Waals surface area (Å²) in [5, 5.41) is 6.48. The number of rotatable bonds is 7. The lowest BCUT2D eigenvalue weighted by Crippen LogP contribution is -2.48. The fourth-order valence-corrected chi connectivity index (χ4v) is 4.41. The minimum absolute atomic E-state index is 0.0518. The molecule has 0 spiro atoms. The van der Waals surface area contributed by atoms with Crippen LogP contribution in [0.1, 0.15) is 36.3 Å². The molecule has 2 heterocycles. The Morgan fingerprint density at radius 1 is 1.30 bits per heavy atom. The van der Waals surface area contributed by atoms with Crippen molar-refractivity contribution in [3.05, 3.63) is 53.5 Å². The minimum atomic E-state index is -0.323. The van der Waals surface area contributed by atoms with Gasteiger partial charge in [0.15, 0.2) is 11.6 Å². The van der Waals surface area contributed by atoms with Crippen molar-refractivity contribution in [3.8, 4) is 5.75 Å². The summed E-state index contributed by atoms with van der Waals surface area (Å²) >= 11 is 0. The smallest absolute Gasteiger partial charge is 0.239 e. The van der Waals surface area contributed by atoms with Gasteiger partial charge in [0.25, 0.3) is 0 Å². The number of aromatic nitrogens is 1. The molecule has 7 heteroatoms. The number of nitrogens with one attached hydrogen (secondary N) is 2. The normalized spacial score (nSPS) is 21.5. The first kappa shape index (κ1) is 20.6. The Balaban J connectivity index is 1.25. The van der Waals surface area contributed by atoms with Crippen molar-refractivity contribution in [2.45, 2.75) is 37.6 Å². The Morgan fingerprint density at radius 2 is 2.20 bits per heavy atom. The second kappa shape index (κ2) is 9.43. The molecule has 30 heavy (non-hydrogen) atoms. The lowest BCUT2D eigenvalue weighted by molar-refractivity contribution is -0.120. The van der Waals surface area contributed by atoms with E-state index in [1.54, 1.807) is 6.07 Å². The number of ether oxygens (including phenoxy) is 1. The van der Waals surface area contributed by atoms with Gasteiger partial charge in [-0.1, -0.05) is 12.1 Å². The van der Waals surface area contributed by atoms with Gasteiger partial charge in [-0.3, -0.25) is 4.79 Å². The Morgan fingerprint density at radius 3 is 2.97 bits per heavy atom. The van der Waals surface area contributed by atoms with E-state index in [-0.39, 0.29) is 11.7 Å². The van der Waals surface area contributed by atoms with Gasteiger partial charge in [-0.25, -0.2) is 9.37 Å². The van der Waals surface area contributed by atoms with Gasteiger partial charge in [0.2, 0.25) is 5.91 Å². The van der Waals surface area contributed by atoms with E-state index < -0.39 is 0 Å². The van der Waals surface area contributed by atoms with E-state index >= 15 is 0 Å². The van der Waals surface area contributed by atoms with Crippen molar-refractivity contribution >= 4 is 11.7 Å². The Bertz CT molecular complexity index is 874. The highest BCUT2D eigenvalue weighted by Gasteiger charge is 2.26. The molecule has 2 atom stereocenters. The van der Waals surface area contributed by atoms with Crippen LogP contribution < -0.4 is 20.3 Å². The Labute approximate surface area is 176 Å². The number of amides is 1. The first-order valence-corrected chi connectivity index (χ1v) is 10.7. The SMILES string of the molecule is COc1cc(CCN[C@H]2CC[C@@H](c3ccc(N4CCNC(=O)C4)nc3)C2)ccc1F. The monoisotopic (exact) mass is 412 g/mol. The van der Waals surface area contributed by atoms with Crippen LogP contribution in [0.4, 0.5) is 10.2 Å². The Hall–Kier alpha value is -2.67. The maximum atomic E-state index is 13.5. The summed E-state index contributed by atoms with van der Waals surface area (Å²) in [5.74, 6) is 1.41. The molecule has 0 radical (unpaired) electrons. The summed E-state index contributed by atoms with van der Waals surface area (Å²) in [6.07, 6.45) is 6.21. The van der Waals surface area contributed by atoms with Gasteiger partial charge in [0.1, 0.15) is 5.82 Å². The molecule has 1 aliphatic carbocycles. The second-order valence-electron chi connectivity index (χ2n) is 8.10. The summed E-state index contributed by atoms with van der Waals surface area (Å²) in [6.45, 7) is 2.71. The first-order chi connectivity index (χ1) is 14.6. The number of piperazine rings is 1. The van der Waals surface area contributed by atoms with Gasteiger partial charge in [-0.15, -0.1) is 0 Å². The molecule has 1 aliphatic heterocycles. The summed E-state index contributed by atoms with van der Waals surface area (Å²) in [5.41, 5.74) is 2.34. The van der Waals surface area contributed by atoms with Gasteiger partial charge >= 0.3 is 0 Å². The molecule has 1 aromatic heterocycles. The number of methoxy groups -OCH3 is 1. The molecule has 6 nitrogen and oxygen atoms in total. The predicted molar refractivity (Wildman–Crippen MR) is 114 cm³/mol. The van der Waals surface area contributed by atoms with Gasteiger partial charge in [-0.2, -0.15) is 0 Å². The van der Waals surface area contributed by atoms with E-state index in [2.05, 4.69) is 21.7 Å². The molecule has 1 saturated carbocycles. The van der Waals surface area contributed by atoms with Gasteiger partial charge in [0, 0.05) is 25.3 Å². The van der Waals surface area contributed by atoms with E-state index in [0.717, 1.165) is 50.2 Å². The molecule has 2 fully saturated rings. The van der Waals surface area contributed by atoms with Crippen molar-refractivity contribution in [1.82, 2.24) is 15.6 Å². The summed E-state index contributed by atoms with van der Waals surface area (Å²) in [6, 6.07) is 9.74. The van der Waals surface area contributed by atoms with Crippen LogP contribution in [0.3, 0.4) is 0 Å². The van der Waals surface area contributed by atoms with E-state index in [1.165, 1.54) is 18.7 Å². The molecule has 4 rings (SSSR count). The largest absolute Gasteiger partial charge is 0.494 e. The van der Waals surface area contributed by atoms with Gasteiger partial charge in [0.05, 0.1) is 13.7 Å². The van der Waals surface area contributed by atoms with Crippen molar-refractivity contribution in [2.24, 2.45) is 0 Å². The van der Waals surface area contributed by atoms with Crippen LogP contribution in [-0.2, 0) is 11.2 Å². The third-order valence-corrected chi connectivity index (χ3v) is 6.10. The lowest BCUT2D eigenvalue weighted by atomic mass is 9.99. The number of anilines is 1. The number of carbonyl (C=O) groups excluding carboxylic acids is 1. The zero-order valence-electron chi connectivity index (χ0n) is 17.4. The standard InChI is InChI=1S/C23H29FN4O2/c1-30-21-12-16(2-6-20(21)24)8-9-25-19-5-3-17(13-19)18-4-7-22(27-14-18)28-11-10-26-23(29)15-28/h2,4,6-7,12,14,17,19,25H,3,5,8-11,13,15H2,1H3,(H,26,29)/t17-,19+/m1/s1. The van der Waals surface area contributed by atoms with Crippen molar-refractivity contribution in [2.75, 3.05) is 38.2 Å². The van der Waals surface area contributed by atoms with Crippen molar-refractivity contribution in [3.63, 3.8) is 0 Å². The third-order valence-electron chi connectivity index (χ3n) is 6.10. The average molecular weight is 413 g/mol. The third kappa shape index (κ3) is 4.90. The molecular formula is C23H29FN4O2. The van der Waals surface area contributed by atoms with E-state index in [1.807, 2.05) is 23.2 Å². The highest BCUT2D eigenvalue weighted by molar-refractivity contribution is 5.82. The number of hydrogen-bond donors (Lipinski definition) is 2. The molecule has 1 amide bonds. The number of halogens is 1. The molecular weight excluding hydrogens is 383 g/mol. The van der Waals surface area contributed by atoms with E-state index in [9.17, 15) is 9.18 Å². The number of benzene rings is 1. The second-order valence-corrected chi connectivity index (χ2v) is 8.10. The Kier molecular flexibility index (Phi) is 6.47. The molecule has 2 N–H and O–H groups in total. The zero-order chi connectivity index (χ0) is 20.9. The van der Waals surface area contributed by atoms with Crippen LogP contribution in [0.15, 0.2) is 36.5 Å². The van der Waals surface area contributed by atoms with E-state index in [4.69, 9.17) is 4.74 Å². The molecule has 2 aliphatic rings. The quantitative estimate of drug-likeness (QED) is 0.732. The number of nitrogens with zero attached hydrogens (tertiary/aromatic N) is 2. The lowest BCUT2D eigenvalue weighted by Gasteiger charge is -2.27. The highest BCUT2D eigenvalue weighted by atomic mass is 19.1. The first-order valence-electron chi connectivity index (χ1n) is 10.7. The maximum absolute atomic E-state index is 13.5. The number of pyridine rings is 1. The molecule has 160 valence electrons. The van der Waals surface area contributed by atoms with Crippen LogP contribution in [-0.4, -0.2) is 50.2 Å². The van der Waals surface area contributed by atoms with Crippen LogP contribution >= 0.6 is 0 Å². The average Bonchev–Trinajstić information content (AvgIpc) is 3.24. The molecule has 0 unspecified atom stereocenters. The molecule has 1 saturated heterocycles. The highest BCUT2D eigenvalue weighted by Crippen LogP contribution is 2.34. The fraction of sp³-hybridized carbons (Fsp3) is 0.478. The van der Waals surface area contributed by atoms with Crippen molar-refractivity contribution in [1.29, 1.82) is 0 Å². The maximum Gasteiger partial charge on any atom is 0.239 e. The summed E-state index contributed by atoms with van der Waals surface area (Å²) in [7, 11) is 1.49. The van der Waals surface area contributed by atoms with Crippen LogP contribution in [0.25, 0.3) is 0 Å². The molecule has 1 aromatic carbocycles. The van der Waals surface area contributed by atoms with Crippen LogP contribution in [0.2, 0.25) is 0 Å². The summed E-state index contributed by atoms with van der Waals surface area (Å²) < 4.78 is 18.6. The minimum Gasteiger partial charge on any atom is -0.494 e. The van der Waals surface area contributed by atoms with Crippen LogP contribution in [0.5, 0.6) is 5.75 Å². The predicted octanol–water partition coefficient (Wildman–Crippen LogP) is 2.63. The number of carbonyl (C=O) groups is 1. The van der Waals surface area contributed by atoms with Gasteiger partial charge in [-0.05, 0) is 67.5 Å². The zero-order valence-corrected chi connectivity index (χ0v) is 17.4. The van der Waals surface area contributed by atoms with E-state index in [0.29, 0.717) is 30.8 Å². The van der Waals surface area contributed by atoms with Crippen LogP contribution in [0, 0.1) is 5.82 Å². The molecule has 2 aromatic rings. The summed E-state index contributed by atoms with van der Waals surface area (Å²) in [4.78, 5) is 18.2. The van der Waals surface area contributed by atoms with Gasteiger partial charge < -0.3 is 20.3 Å². The van der Waals surface area contributed by atoms with Crippen molar-refractivity contribution < 1.29 is 13.9 Å². The number of hydrogen-bond acceptors (Lipinski definition) is 5. The molecule has 0 bridgehead atoms.